The Balaban J connectivity index is 0.00000264. The molecule has 1 fully saturated rings. The molecular formula is C18H28ClNO3. The Bertz CT molecular complexity index is 475. The number of halogens is 1. The average Bonchev–Trinajstić information content (AvgIpc) is 2.55. The van der Waals surface area contributed by atoms with Crippen LogP contribution in [0.25, 0.3) is 0 Å². The number of carbonyl (C=O) groups is 1. The predicted octanol–water partition coefficient (Wildman–Crippen LogP) is 3.85. The van der Waals surface area contributed by atoms with Crippen molar-refractivity contribution in [1.29, 1.82) is 0 Å². The summed E-state index contributed by atoms with van der Waals surface area (Å²) in [4.78, 5) is 11.1. The van der Waals surface area contributed by atoms with Gasteiger partial charge in [0.1, 0.15) is 5.75 Å². The van der Waals surface area contributed by atoms with Crippen molar-refractivity contribution >= 4 is 18.4 Å². The number of benzene rings is 1. The van der Waals surface area contributed by atoms with E-state index >= 15 is 0 Å². The zero-order valence-corrected chi connectivity index (χ0v) is 14.6. The smallest absolute Gasteiger partial charge is 0.310 e. The van der Waals surface area contributed by atoms with Gasteiger partial charge in [-0.15, -0.1) is 12.4 Å². The van der Waals surface area contributed by atoms with Gasteiger partial charge in [0, 0.05) is 5.56 Å². The largest absolute Gasteiger partial charge is 0.493 e. The quantitative estimate of drug-likeness (QED) is 0.705. The highest BCUT2D eigenvalue weighted by molar-refractivity contribution is 5.85. The lowest BCUT2D eigenvalue weighted by Crippen LogP contribution is -2.27. The van der Waals surface area contributed by atoms with E-state index in [1.54, 1.807) is 6.92 Å². The Morgan fingerprint density at radius 3 is 2.70 bits per heavy atom. The summed E-state index contributed by atoms with van der Waals surface area (Å²) in [5.41, 5.74) is 0.758. The van der Waals surface area contributed by atoms with Crippen LogP contribution >= 0.6 is 12.4 Å². The molecule has 23 heavy (non-hydrogen) atoms. The molecule has 130 valence electrons. The molecule has 1 aliphatic rings. The molecule has 0 aromatic heterocycles. The second-order valence-electron chi connectivity index (χ2n) is 6.14. The van der Waals surface area contributed by atoms with E-state index < -0.39 is 11.9 Å². The van der Waals surface area contributed by atoms with Gasteiger partial charge in [-0.2, -0.15) is 0 Å². The average molecular weight is 342 g/mol. The molecule has 0 spiro atoms. The highest BCUT2D eigenvalue weighted by Gasteiger charge is 2.18. The van der Waals surface area contributed by atoms with Crippen LogP contribution in [0.3, 0.4) is 0 Å². The molecule has 1 aromatic rings. The van der Waals surface area contributed by atoms with Crippen LogP contribution in [0.4, 0.5) is 0 Å². The first kappa shape index (κ1) is 19.8. The first-order valence-electron chi connectivity index (χ1n) is 8.33. The normalized spacial score (nSPS) is 16.4. The summed E-state index contributed by atoms with van der Waals surface area (Å²) < 4.78 is 5.82. The summed E-state index contributed by atoms with van der Waals surface area (Å²) >= 11 is 0. The number of hydrogen-bond donors (Lipinski definition) is 2. The van der Waals surface area contributed by atoms with Gasteiger partial charge >= 0.3 is 5.97 Å². The van der Waals surface area contributed by atoms with Crippen LogP contribution in [-0.4, -0.2) is 30.8 Å². The van der Waals surface area contributed by atoms with Gasteiger partial charge in [-0.1, -0.05) is 24.6 Å². The molecule has 0 amide bonds. The summed E-state index contributed by atoms with van der Waals surface area (Å²) in [5, 5.41) is 12.5. The van der Waals surface area contributed by atoms with Crippen LogP contribution < -0.4 is 10.1 Å². The number of rotatable bonds is 8. The van der Waals surface area contributed by atoms with Crippen LogP contribution in [-0.2, 0) is 4.79 Å². The summed E-state index contributed by atoms with van der Waals surface area (Å²) in [7, 11) is 0. The van der Waals surface area contributed by atoms with Crippen LogP contribution in [0, 0.1) is 5.92 Å². The molecule has 1 saturated heterocycles. The number of ether oxygens (including phenoxy) is 1. The Morgan fingerprint density at radius 1 is 1.30 bits per heavy atom. The van der Waals surface area contributed by atoms with E-state index in [2.05, 4.69) is 5.32 Å². The highest BCUT2D eigenvalue weighted by atomic mass is 35.5. The van der Waals surface area contributed by atoms with Gasteiger partial charge in [0.2, 0.25) is 0 Å². The lowest BCUT2D eigenvalue weighted by molar-refractivity contribution is -0.138. The summed E-state index contributed by atoms with van der Waals surface area (Å²) in [6, 6.07) is 7.45. The van der Waals surface area contributed by atoms with Gasteiger partial charge in [-0.3, -0.25) is 4.79 Å². The van der Waals surface area contributed by atoms with Crippen molar-refractivity contribution in [1.82, 2.24) is 5.32 Å². The number of unbranched alkanes of at least 4 members (excludes halogenated alkanes) is 1. The first-order chi connectivity index (χ1) is 10.7. The first-order valence-corrected chi connectivity index (χ1v) is 8.33. The molecule has 1 heterocycles. The number of piperidine rings is 1. The third-order valence-electron chi connectivity index (χ3n) is 4.48. The molecule has 2 rings (SSSR count). The number of nitrogens with one attached hydrogen (secondary N) is 1. The summed E-state index contributed by atoms with van der Waals surface area (Å²) in [5.74, 6) is 0.215. The van der Waals surface area contributed by atoms with Gasteiger partial charge in [-0.05, 0) is 57.7 Å². The SMILES string of the molecule is CC(C(=O)O)c1ccccc1OCCCCC1CCNCC1.Cl. The van der Waals surface area contributed by atoms with Crippen molar-refractivity contribution in [2.45, 2.75) is 44.9 Å². The molecule has 1 aromatic carbocycles. The molecule has 2 N–H and O–H groups in total. The maximum absolute atomic E-state index is 11.1. The Kier molecular flexibility index (Phi) is 9.03. The van der Waals surface area contributed by atoms with E-state index in [0.29, 0.717) is 12.4 Å². The molecule has 0 radical (unpaired) electrons. The maximum Gasteiger partial charge on any atom is 0.310 e. The van der Waals surface area contributed by atoms with Crippen molar-refractivity contribution in [3.63, 3.8) is 0 Å². The number of carboxylic acid groups (broad SMARTS) is 1. The van der Waals surface area contributed by atoms with Crippen molar-refractivity contribution in [2.24, 2.45) is 5.92 Å². The lowest BCUT2D eigenvalue weighted by atomic mass is 9.93. The van der Waals surface area contributed by atoms with Crippen LogP contribution in [0.2, 0.25) is 0 Å². The van der Waals surface area contributed by atoms with Gasteiger partial charge in [0.05, 0.1) is 12.5 Å². The van der Waals surface area contributed by atoms with Crippen LogP contribution in [0.5, 0.6) is 5.75 Å². The lowest BCUT2D eigenvalue weighted by Gasteiger charge is -2.22. The second kappa shape index (κ2) is 10.5. The predicted molar refractivity (Wildman–Crippen MR) is 94.7 cm³/mol. The Morgan fingerprint density at radius 2 is 2.00 bits per heavy atom. The second-order valence-corrected chi connectivity index (χ2v) is 6.14. The monoisotopic (exact) mass is 341 g/mol. The summed E-state index contributed by atoms with van der Waals surface area (Å²) in [6.07, 6.45) is 6.07. The highest BCUT2D eigenvalue weighted by Crippen LogP contribution is 2.27. The fourth-order valence-corrected chi connectivity index (χ4v) is 2.99. The summed E-state index contributed by atoms with van der Waals surface area (Å²) in [6.45, 7) is 4.67. The minimum absolute atomic E-state index is 0. The van der Waals surface area contributed by atoms with Gasteiger partial charge < -0.3 is 15.2 Å². The molecule has 1 unspecified atom stereocenters. The van der Waals surface area contributed by atoms with E-state index in [1.165, 1.54) is 25.7 Å². The van der Waals surface area contributed by atoms with Crippen LogP contribution in [0.1, 0.15) is 50.5 Å². The molecule has 1 aliphatic heterocycles. The molecule has 0 bridgehead atoms. The minimum atomic E-state index is -0.818. The maximum atomic E-state index is 11.1. The fourth-order valence-electron chi connectivity index (χ4n) is 2.99. The van der Waals surface area contributed by atoms with E-state index in [-0.39, 0.29) is 12.4 Å². The van der Waals surface area contributed by atoms with Crippen molar-refractivity contribution in [3.05, 3.63) is 29.8 Å². The van der Waals surface area contributed by atoms with E-state index in [1.807, 2.05) is 24.3 Å². The number of para-hydroxylation sites is 1. The Labute approximate surface area is 145 Å². The topological polar surface area (TPSA) is 58.6 Å². The number of hydrogen-bond acceptors (Lipinski definition) is 3. The van der Waals surface area contributed by atoms with Crippen molar-refractivity contribution in [2.75, 3.05) is 19.7 Å². The standard InChI is InChI=1S/C18H27NO3.ClH/c1-14(18(20)21)16-7-2-3-8-17(16)22-13-5-4-6-15-9-11-19-12-10-15;/h2-3,7-8,14-15,19H,4-6,9-13H2,1H3,(H,20,21);1H. The molecular weight excluding hydrogens is 314 g/mol. The van der Waals surface area contributed by atoms with E-state index in [9.17, 15) is 4.79 Å². The van der Waals surface area contributed by atoms with Crippen molar-refractivity contribution < 1.29 is 14.6 Å². The third kappa shape index (κ3) is 6.40. The van der Waals surface area contributed by atoms with E-state index in [0.717, 1.165) is 31.0 Å². The molecule has 5 heteroatoms. The molecule has 1 atom stereocenters. The Hall–Kier alpha value is -1.26. The zero-order valence-electron chi connectivity index (χ0n) is 13.8. The number of carboxylic acids is 1. The zero-order chi connectivity index (χ0) is 15.8. The molecule has 0 aliphatic carbocycles. The van der Waals surface area contributed by atoms with Crippen LogP contribution in [0.15, 0.2) is 24.3 Å². The van der Waals surface area contributed by atoms with Gasteiger partial charge in [0.25, 0.3) is 0 Å². The van der Waals surface area contributed by atoms with Crippen molar-refractivity contribution in [3.8, 4) is 5.75 Å². The van der Waals surface area contributed by atoms with E-state index in [4.69, 9.17) is 9.84 Å². The molecule has 0 saturated carbocycles. The van der Waals surface area contributed by atoms with Gasteiger partial charge in [0.15, 0.2) is 0 Å². The number of aliphatic carboxylic acids is 1. The molecule has 4 nitrogen and oxygen atoms in total. The fraction of sp³-hybridized carbons (Fsp3) is 0.611. The van der Waals surface area contributed by atoms with Gasteiger partial charge in [-0.25, -0.2) is 0 Å². The third-order valence-corrected chi connectivity index (χ3v) is 4.48. The minimum Gasteiger partial charge on any atom is -0.493 e.